The van der Waals surface area contributed by atoms with Crippen molar-refractivity contribution in [2.24, 2.45) is 0 Å². The lowest BCUT2D eigenvalue weighted by Crippen LogP contribution is -2.50. The maximum absolute atomic E-state index is 12.1. The second-order valence-corrected chi connectivity index (χ2v) is 6.90. The molecular formula is C19H25N3O3. The summed E-state index contributed by atoms with van der Waals surface area (Å²) in [6.07, 6.45) is 3.33. The summed E-state index contributed by atoms with van der Waals surface area (Å²) in [5.74, 6) is 1.57. The number of ether oxygens (including phenoxy) is 1. The van der Waals surface area contributed by atoms with E-state index in [2.05, 4.69) is 9.88 Å². The normalized spacial score (nSPS) is 20.6. The Morgan fingerprint density at radius 2 is 2.16 bits per heavy atom. The molecule has 25 heavy (non-hydrogen) atoms. The molecule has 6 nitrogen and oxygen atoms in total. The minimum absolute atomic E-state index is 0.0584. The van der Waals surface area contributed by atoms with E-state index >= 15 is 0 Å². The van der Waals surface area contributed by atoms with Crippen LogP contribution in [-0.4, -0.2) is 60.8 Å². The number of nitrogens with zero attached hydrogens (tertiary/aromatic N) is 3. The highest BCUT2D eigenvalue weighted by Crippen LogP contribution is 2.34. The van der Waals surface area contributed by atoms with Gasteiger partial charge in [0.15, 0.2) is 0 Å². The number of aromatic nitrogens is 1. The van der Waals surface area contributed by atoms with Gasteiger partial charge in [0.25, 0.3) is 0 Å². The Kier molecular flexibility index (Phi) is 4.81. The van der Waals surface area contributed by atoms with Gasteiger partial charge in [-0.2, -0.15) is 0 Å². The van der Waals surface area contributed by atoms with Crippen molar-refractivity contribution in [3.8, 4) is 5.75 Å². The smallest absolute Gasteiger partial charge is 0.225 e. The largest absolute Gasteiger partial charge is 0.496 e. The molecule has 1 fully saturated rings. The van der Waals surface area contributed by atoms with Gasteiger partial charge < -0.3 is 19.6 Å². The number of amides is 1. The van der Waals surface area contributed by atoms with Crippen molar-refractivity contribution in [2.45, 2.75) is 24.9 Å². The Labute approximate surface area is 148 Å². The Morgan fingerprint density at radius 1 is 1.36 bits per heavy atom. The van der Waals surface area contributed by atoms with Gasteiger partial charge in [0.1, 0.15) is 11.6 Å². The third kappa shape index (κ3) is 3.54. The van der Waals surface area contributed by atoms with Crippen LogP contribution in [0, 0.1) is 0 Å². The fraction of sp³-hybridized carbons (Fsp3) is 0.474. The number of methoxy groups -OCH3 is 1. The van der Waals surface area contributed by atoms with E-state index in [0.29, 0.717) is 13.0 Å². The van der Waals surface area contributed by atoms with Crippen LogP contribution >= 0.6 is 0 Å². The van der Waals surface area contributed by atoms with E-state index in [-0.39, 0.29) is 12.3 Å². The third-order valence-electron chi connectivity index (χ3n) is 4.80. The fourth-order valence-corrected chi connectivity index (χ4v) is 3.47. The molecule has 2 heterocycles. The molecule has 0 spiro atoms. The van der Waals surface area contributed by atoms with Gasteiger partial charge in [-0.3, -0.25) is 4.79 Å². The highest BCUT2D eigenvalue weighted by molar-refractivity contribution is 5.96. The number of piperidine rings is 1. The molecule has 0 bridgehead atoms. The summed E-state index contributed by atoms with van der Waals surface area (Å²) in [7, 11) is 5.08. The van der Waals surface area contributed by atoms with Crippen molar-refractivity contribution >= 4 is 22.5 Å². The molecule has 1 atom stereocenters. The second-order valence-electron chi connectivity index (χ2n) is 6.90. The van der Waals surface area contributed by atoms with Crippen LogP contribution in [0.4, 0.5) is 5.82 Å². The highest BCUT2D eigenvalue weighted by atomic mass is 16.5. The van der Waals surface area contributed by atoms with Gasteiger partial charge >= 0.3 is 0 Å². The first-order valence-corrected chi connectivity index (χ1v) is 8.53. The summed E-state index contributed by atoms with van der Waals surface area (Å²) in [5, 5.41) is 12.9. The van der Waals surface area contributed by atoms with E-state index in [0.717, 1.165) is 35.3 Å². The number of aliphatic hydroxyl groups is 1. The molecular weight excluding hydrogens is 318 g/mol. The van der Waals surface area contributed by atoms with E-state index in [1.807, 2.05) is 24.3 Å². The summed E-state index contributed by atoms with van der Waals surface area (Å²) in [5.41, 5.74) is -1.03. The van der Waals surface area contributed by atoms with Crippen molar-refractivity contribution < 1.29 is 14.6 Å². The maximum atomic E-state index is 12.1. The number of hydrogen-bond donors (Lipinski definition) is 1. The third-order valence-corrected chi connectivity index (χ3v) is 4.80. The number of benzene rings is 1. The molecule has 1 unspecified atom stereocenters. The highest BCUT2D eigenvalue weighted by Gasteiger charge is 2.36. The Hall–Kier alpha value is -2.34. The SMILES string of the molecule is COc1cccc2c(N3CCCC(O)(CC(=O)N(C)C)C3)nccc12. The van der Waals surface area contributed by atoms with Crippen LogP contribution in [0.1, 0.15) is 19.3 Å². The summed E-state index contributed by atoms with van der Waals surface area (Å²) in [4.78, 5) is 20.2. The number of hydrogen-bond acceptors (Lipinski definition) is 5. The Morgan fingerprint density at radius 3 is 2.88 bits per heavy atom. The van der Waals surface area contributed by atoms with Crippen LogP contribution in [0.2, 0.25) is 0 Å². The summed E-state index contributed by atoms with van der Waals surface area (Å²) < 4.78 is 5.44. The van der Waals surface area contributed by atoms with Crippen LogP contribution in [-0.2, 0) is 4.79 Å². The number of carbonyl (C=O) groups is 1. The van der Waals surface area contributed by atoms with E-state index in [1.54, 1.807) is 27.4 Å². The van der Waals surface area contributed by atoms with Gasteiger partial charge in [0.2, 0.25) is 5.91 Å². The molecule has 2 aromatic rings. The lowest BCUT2D eigenvalue weighted by molar-refractivity contribution is -0.134. The predicted octanol–water partition coefficient (Wildman–Crippen LogP) is 2.05. The summed E-state index contributed by atoms with van der Waals surface area (Å²) in [6, 6.07) is 7.81. The molecule has 1 aliphatic heterocycles. The van der Waals surface area contributed by atoms with Gasteiger partial charge in [-0.05, 0) is 25.0 Å². The van der Waals surface area contributed by atoms with Crippen LogP contribution < -0.4 is 9.64 Å². The molecule has 1 aliphatic rings. The zero-order valence-electron chi connectivity index (χ0n) is 15.0. The van der Waals surface area contributed by atoms with Crippen molar-refractivity contribution in [2.75, 3.05) is 39.2 Å². The van der Waals surface area contributed by atoms with Gasteiger partial charge in [0, 0.05) is 44.2 Å². The fourth-order valence-electron chi connectivity index (χ4n) is 3.47. The minimum atomic E-state index is -1.03. The second kappa shape index (κ2) is 6.88. The van der Waals surface area contributed by atoms with Crippen LogP contribution in [0.5, 0.6) is 5.75 Å². The number of carbonyl (C=O) groups excluding carboxylic acids is 1. The summed E-state index contributed by atoms with van der Waals surface area (Å²) >= 11 is 0. The number of pyridine rings is 1. The number of rotatable bonds is 4. The first kappa shape index (κ1) is 17.5. The maximum Gasteiger partial charge on any atom is 0.225 e. The van der Waals surface area contributed by atoms with Crippen molar-refractivity contribution in [1.29, 1.82) is 0 Å². The molecule has 0 aliphatic carbocycles. The number of anilines is 1. The first-order chi connectivity index (χ1) is 11.9. The van der Waals surface area contributed by atoms with E-state index in [9.17, 15) is 9.90 Å². The molecule has 1 aromatic carbocycles. The lowest BCUT2D eigenvalue weighted by atomic mass is 9.89. The standard InChI is InChI=1S/C19H25N3O3/c1-21(2)17(23)12-19(24)9-5-11-22(13-19)18-15-6-4-7-16(25-3)14(15)8-10-20-18/h4,6-8,10,24H,5,9,11-13H2,1-3H3. The van der Waals surface area contributed by atoms with Gasteiger partial charge in [-0.25, -0.2) is 4.98 Å². The van der Waals surface area contributed by atoms with Crippen molar-refractivity contribution in [3.05, 3.63) is 30.5 Å². The van der Waals surface area contributed by atoms with E-state index in [1.165, 1.54) is 4.90 Å². The molecule has 1 saturated heterocycles. The molecule has 134 valence electrons. The van der Waals surface area contributed by atoms with Crippen LogP contribution in [0.3, 0.4) is 0 Å². The van der Waals surface area contributed by atoms with E-state index < -0.39 is 5.60 Å². The van der Waals surface area contributed by atoms with Crippen LogP contribution in [0.25, 0.3) is 10.8 Å². The minimum Gasteiger partial charge on any atom is -0.496 e. The molecule has 0 saturated carbocycles. The zero-order chi connectivity index (χ0) is 18.0. The average molecular weight is 343 g/mol. The van der Waals surface area contributed by atoms with Crippen LogP contribution in [0.15, 0.2) is 30.5 Å². The molecule has 1 N–H and O–H groups in total. The molecule has 0 radical (unpaired) electrons. The van der Waals surface area contributed by atoms with Gasteiger partial charge in [-0.1, -0.05) is 12.1 Å². The molecule has 1 amide bonds. The molecule has 6 heteroatoms. The first-order valence-electron chi connectivity index (χ1n) is 8.53. The average Bonchev–Trinajstić information content (AvgIpc) is 2.60. The molecule has 3 rings (SSSR count). The van der Waals surface area contributed by atoms with Gasteiger partial charge in [0.05, 0.1) is 19.1 Å². The Bertz CT molecular complexity index is 778. The zero-order valence-corrected chi connectivity index (χ0v) is 15.0. The van der Waals surface area contributed by atoms with Crippen molar-refractivity contribution in [3.63, 3.8) is 0 Å². The van der Waals surface area contributed by atoms with E-state index in [4.69, 9.17) is 4.74 Å². The number of fused-ring (bicyclic) bond motifs is 1. The molecule has 1 aromatic heterocycles. The topological polar surface area (TPSA) is 65.9 Å². The summed E-state index contributed by atoms with van der Waals surface area (Å²) in [6.45, 7) is 1.21. The van der Waals surface area contributed by atoms with Crippen molar-refractivity contribution in [1.82, 2.24) is 9.88 Å². The van der Waals surface area contributed by atoms with Gasteiger partial charge in [-0.15, -0.1) is 0 Å². The lowest BCUT2D eigenvalue weighted by Gasteiger charge is -2.40. The Balaban J connectivity index is 1.92. The quantitative estimate of drug-likeness (QED) is 0.920. The monoisotopic (exact) mass is 343 g/mol. The predicted molar refractivity (Wildman–Crippen MR) is 98.0 cm³/mol. The number of β-amino-alcohol motifs (C(OH)–C–C–N with tert-alkyl or cyclic N) is 1.